The summed E-state index contributed by atoms with van der Waals surface area (Å²) in [7, 11) is 0. The van der Waals surface area contributed by atoms with Crippen LogP contribution in [0.4, 0.5) is 5.69 Å². The Kier molecular flexibility index (Phi) is 3.02. The van der Waals surface area contributed by atoms with Gasteiger partial charge in [-0.15, -0.1) is 0 Å². The van der Waals surface area contributed by atoms with Gasteiger partial charge in [-0.25, -0.2) is 0 Å². The van der Waals surface area contributed by atoms with Crippen LogP contribution in [0.25, 0.3) is 0 Å². The first kappa shape index (κ1) is 12.5. The lowest BCUT2D eigenvalue weighted by Crippen LogP contribution is -2.25. The molecule has 2 heterocycles. The van der Waals surface area contributed by atoms with Crippen LogP contribution in [-0.2, 0) is 6.54 Å². The van der Waals surface area contributed by atoms with E-state index in [-0.39, 0.29) is 17.6 Å². The number of carbonyl (C=O) groups is 1. The second-order valence-electron chi connectivity index (χ2n) is 4.88. The van der Waals surface area contributed by atoms with Crippen molar-refractivity contribution in [3.63, 3.8) is 0 Å². The summed E-state index contributed by atoms with van der Waals surface area (Å²) in [5, 5.41) is 13.6. The zero-order chi connectivity index (χ0) is 14.1. The average Bonchev–Trinajstić information content (AvgIpc) is 2.97. The fourth-order valence-corrected chi connectivity index (χ4v) is 2.14. The molecule has 1 aliphatic carbocycles. The van der Waals surface area contributed by atoms with Gasteiger partial charge in [0.1, 0.15) is 5.69 Å². The zero-order valence-corrected chi connectivity index (χ0v) is 10.7. The van der Waals surface area contributed by atoms with Crippen molar-refractivity contribution in [2.24, 2.45) is 0 Å². The maximum atomic E-state index is 12.2. The number of aromatic amines is 1. The van der Waals surface area contributed by atoms with Crippen molar-refractivity contribution in [1.82, 2.24) is 14.9 Å². The van der Waals surface area contributed by atoms with E-state index >= 15 is 0 Å². The first-order chi connectivity index (χ1) is 9.65. The summed E-state index contributed by atoms with van der Waals surface area (Å²) in [6, 6.07) is 3.42. The van der Waals surface area contributed by atoms with Crippen LogP contribution in [0.15, 0.2) is 30.7 Å². The lowest BCUT2D eigenvalue weighted by Gasteiger charge is -2.07. The van der Waals surface area contributed by atoms with E-state index in [0.29, 0.717) is 12.2 Å². The average molecular weight is 274 g/mol. The molecule has 0 unspecified atom stereocenters. The van der Waals surface area contributed by atoms with Crippen molar-refractivity contribution >= 4 is 11.6 Å². The van der Waals surface area contributed by atoms with Crippen LogP contribution in [0.3, 0.4) is 0 Å². The normalized spacial score (nSPS) is 14.2. The number of hydrogen-bond donors (Lipinski definition) is 2. The second kappa shape index (κ2) is 4.84. The van der Waals surface area contributed by atoms with Gasteiger partial charge in [0.25, 0.3) is 11.6 Å². The summed E-state index contributed by atoms with van der Waals surface area (Å²) in [6.45, 7) is 0.395. The maximum Gasteiger partial charge on any atom is 0.287 e. The number of H-pyrrole nitrogens is 1. The third-order valence-electron chi connectivity index (χ3n) is 3.33. The summed E-state index contributed by atoms with van der Waals surface area (Å²) in [5.41, 5.74) is 1.27. The van der Waals surface area contributed by atoms with E-state index in [4.69, 9.17) is 0 Å². The van der Waals surface area contributed by atoms with E-state index in [0.717, 1.165) is 18.4 Å². The molecule has 7 nitrogen and oxygen atoms in total. The van der Waals surface area contributed by atoms with Crippen molar-refractivity contribution in [3.05, 3.63) is 52.1 Å². The molecule has 2 aromatic rings. The molecule has 20 heavy (non-hydrogen) atoms. The number of nitrogens with one attached hydrogen (secondary N) is 2. The first-order valence-corrected chi connectivity index (χ1v) is 6.41. The third kappa shape index (κ3) is 2.42. The molecule has 0 saturated heterocycles. The van der Waals surface area contributed by atoms with Crippen molar-refractivity contribution in [2.45, 2.75) is 25.4 Å². The third-order valence-corrected chi connectivity index (χ3v) is 3.33. The van der Waals surface area contributed by atoms with Gasteiger partial charge in [0, 0.05) is 31.0 Å². The van der Waals surface area contributed by atoms with Crippen molar-refractivity contribution in [1.29, 1.82) is 0 Å². The molecular weight excluding hydrogens is 260 g/mol. The Labute approximate surface area is 114 Å². The Morgan fingerprint density at radius 2 is 2.35 bits per heavy atom. The molecule has 2 N–H and O–H groups in total. The van der Waals surface area contributed by atoms with Gasteiger partial charge in [-0.3, -0.25) is 14.9 Å². The van der Waals surface area contributed by atoms with E-state index in [1.165, 1.54) is 12.3 Å². The van der Waals surface area contributed by atoms with E-state index in [9.17, 15) is 14.9 Å². The minimum absolute atomic E-state index is 0.0382. The number of nitrogens with zero attached hydrogens (tertiary/aromatic N) is 2. The van der Waals surface area contributed by atoms with Gasteiger partial charge in [-0.05, 0) is 24.5 Å². The van der Waals surface area contributed by atoms with Crippen LogP contribution in [0.5, 0.6) is 0 Å². The molecule has 7 heteroatoms. The minimum Gasteiger partial charge on any atom is -0.367 e. The Morgan fingerprint density at radius 1 is 1.55 bits per heavy atom. The monoisotopic (exact) mass is 274 g/mol. The van der Waals surface area contributed by atoms with Crippen molar-refractivity contribution in [3.8, 4) is 0 Å². The fourth-order valence-electron chi connectivity index (χ4n) is 2.14. The van der Waals surface area contributed by atoms with E-state index in [1.54, 1.807) is 17.0 Å². The molecule has 1 fully saturated rings. The molecule has 2 aromatic heterocycles. The quantitative estimate of drug-likeness (QED) is 0.645. The summed E-state index contributed by atoms with van der Waals surface area (Å²) in [4.78, 5) is 25.4. The van der Waals surface area contributed by atoms with Crippen LogP contribution in [-0.4, -0.2) is 20.4 Å². The summed E-state index contributed by atoms with van der Waals surface area (Å²) < 4.78 is 1.71. The Bertz CT molecular complexity index is 641. The largest absolute Gasteiger partial charge is 0.367 e. The van der Waals surface area contributed by atoms with Crippen LogP contribution in [0.1, 0.15) is 34.9 Å². The Morgan fingerprint density at radius 3 is 2.95 bits per heavy atom. The maximum absolute atomic E-state index is 12.2. The predicted molar refractivity (Wildman–Crippen MR) is 71.3 cm³/mol. The van der Waals surface area contributed by atoms with Crippen LogP contribution in [0.2, 0.25) is 0 Å². The molecule has 1 aliphatic rings. The second-order valence-corrected chi connectivity index (χ2v) is 4.88. The van der Waals surface area contributed by atoms with E-state index < -0.39 is 4.92 Å². The number of nitro groups is 1. The molecule has 1 saturated carbocycles. The van der Waals surface area contributed by atoms with E-state index in [2.05, 4.69) is 10.3 Å². The first-order valence-electron chi connectivity index (χ1n) is 6.41. The Hall–Kier alpha value is -2.57. The number of aromatic nitrogens is 2. The molecule has 104 valence electrons. The minimum atomic E-state index is -0.470. The van der Waals surface area contributed by atoms with Gasteiger partial charge >= 0.3 is 0 Å². The molecule has 0 bridgehead atoms. The molecule has 3 rings (SSSR count). The van der Waals surface area contributed by atoms with Crippen LogP contribution in [0, 0.1) is 10.1 Å². The molecule has 0 spiro atoms. The standard InChI is InChI=1S/C13H14N4O3/c18-13(15-7-9-3-4-14-6-9)12-5-11(17(19)20)8-16(12)10-1-2-10/h3-6,8,10,14H,1-2,7H2,(H,15,18). The molecule has 1 amide bonds. The fraction of sp³-hybridized carbons (Fsp3) is 0.308. The van der Waals surface area contributed by atoms with Gasteiger partial charge in [0.2, 0.25) is 0 Å². The predicted octanol–water partition coefficient (Wildman–Crippen LogP) is 1.99. The highest BCUT2D eigenvalue weighted by molar-refractivity contribution is 5.93. The molecule has 0 aromatic carbocycles. The number of hydrogen-bond acceptors (Lipinski definition) is 3. The van der Waals surface area contributed by atoms with Gasteiger partial charge < -0.3 is 14.9 Å². The zero-order valence-electron chi connectivity index (χ0n) is 10.7. The number of amides is 1. The molecular formula is C13H14N4O3. The summed E-state index contributed by atoms with van der Waals surface area (Å²) in [5.74, 6) is -0.286. The number of rotatable bonds is 5. The van der Waals surface area contributed by atoms with E-state index in [1.807, 2.05) is 6.07 Å². The highest BCUT2D eigenvalue weighted by atomic mass is 16.6. The van der Waals surface area contributed by atoms with Gasteiger partial charge in [0.15, 0.2) is 0 Å². The SMILES string of the molecule is O=C(NCc1cc[nH]c1)c1cc([N+](=O)[O-])cn1C1CC1. The number of carbonyl (C=O) groups excluding carboxylic acids is 1. The lowest BCUT2D eigenvalue weighted by molar-refractivity contribution is -0.384. The molecule has 0 atom stereocenters. The molecule has 0 radical (unpaired) electrons. The summed E-state index contributed by atoms with van der Waals surface area (Å²) >= 11 is 0. The van der Waals surface area contributed by atoms with Crippen LogP contribution < -0.4 is 5.32 Å². The highest BCUT2D eigenvalue weighted by Crippen LogP contribution is 2.37. The van der Waals surface area contributed by atoms with Gasteiger partial charge in [-0.1, -0.05) is 0 Å². The Balaban J connectivity index is 1.77. The van der Waals surface area contributed by atoms with Crippen molar-refractivity contribution in [2.75, 3.05) is 0 Å². The summed E-state index contributed by atoms with van der Waals surface area (Å²) in [6.07, 6.45) is 6.94. The highest BCUT2D eigenvalue weighted by Gasteiger charge is 2.30. The molecule has 0 aliphatic heterocycles. The van der Waals surface area contributed by atoms with Crippen molar-refractivity contribution < 1.29 is 9.72 Å². The van der Waals surface area contributed by atoms with Gasteiger partial charge in [-0.2, -0.15) is 0 Å². The van der Waals surface area contributed by atoms with Crippen LogP contribution >= 0.6 is 0 Å². The topological polar surface area (TPSA) is 93.0 Å². The van der Waals surface area contributed by atoms with Gasteiger partial charge in [0.05, 0.1) is 11.1 Å². The smallest absolute Gasteiger partial charge is 0.287 e. The lowest BCUT2D eigenvalue weighted by atomic mass is 10.3.